The first-order chi connectivity index (χ1) is 4.43. The maximum atomic E-state index is 4.19. The van der Waals surface area contributed by atoms with Crippen LogP contribution >= 0.6 is 24.2 Å². The average Bonchev–Trinajstić information content (AvgIpc) is 2.34. The third-order valence-electron chi connectivity index (χ3n) is 0.981. The van der Waals surface area contributed by atoms with E-state index < -0.39 is 0 Å². The number of nitrogens with one attached hydrogen (secondary N) is 1. The van der Waals surface area contributed by atoms with Crippen molar-refractivity contribution in [1.82, 2.24) is 5.32 Å². The zero-order chi connectivity index (χ0) is 6.53. The summed E-state index contributed by atoms with van der Waals surface area (Å²) in [6.45, 7) is 5.55. The van der Waals surface area contributed by atoms with Crippen molar-refractivity contribution in [2.45, 2.75) is 0 Å². The first-order valence-electron chi connectivity index (χ1n) is 2.95. The lowest BCUT2D eigenvalue weighted by Gasteiger charge is -1.95. The smallest absolute Gasteiger partial charge is 0.156 e. The summed E-state index contributed by atoms with van der Waals surface area (Å²) in [7, 11) is 0. The molecule has 0 saturated carbocycles. The summed E-state index contributed by atoms with van der Waals surface area (Å²) in [5.74, 6) is 0.950. The van der Waals surface area contributed by atoms with Crippen LogP contribution in [0.2, 0.25) is 0 Å². The summed E-state index contributed by atoms with van der Waals surface area (Å²) >= 11 is 1.70. The van der Waals surface area contributed by atoms with E-state index in [-0.39, 0.29) is 12.4 Å². The van der Waals surface area contributed by atoms with Crippen LogP contribution in [0.3, 0.4) is 0 Å². The second kappa shape index (κ2) is 5.62. The molecule has 0 unspecified atom stereocenters. The maximum Gasteiger partial charge on any atom is 0.156 e. The Morgan fingerprint density at radius 3 is 3.10 bits per heavy atom. The predicted molar refractivity (Wildman–Crippen MR) is 50.2 cm³/mol. The van der Waals surface area contributed by atoms with Crippen LogP contribution in [0.4, 0.5) is 0 Å². The summed E-state index contributed by atoms with van der Waals surface area (Å²) < 4.78 is 0. The number of nitrogens with zero attached hydrogens (tertiary/aromatic N) is 1. The molecule has 4 heteroatoms. The quantitative estimate of drug-likeness (QED) is 0.645. The van der Waals surface area contributed by atoms with Gasteiger partial charge in [-0.25, -0.2) is 0 Å². The molecule has 0 saturated heterocycles. The SMILES string of the molecule is C=CCSC1=NCCN1.Cl. The Morgan fingerprint density at radius 2 is 2.60 bits per heavy atom. The van der Waals surface area contributed by atoms with Crippen LogP contribution < -0.4 is 5.32 Å². The van der Waals surface area contributed by atoms with Gasteiger partial charge in [-0.05, 0) is 0 Å². The van der Waals surface area contributed by atoms with Crippen LogP contribution in [0, 0.1) is 0 Å². The molecule has 0 atom stereocenters. The molecule has 1 aliphatic rings. The van der Waals surface area contributed by atoms with E-state index in [9.17, 15) is 0 Å². The first kappa shape index (κ1) is 9.85. The van der Waals surface area contributed by atoms with E-state index >= 15 is 0 Å². The highest BCUT2D eigenvalue weighted by atomic mass is 35.5. The molecule has 0 aromatic carbocycles. The molecule has 1 aliphatic heterocycles. The highest BCUT2D eigenvalue weighted by molar-refractivity contribution is 8.13. The summed E-state index contributed by atoms with van der Waals surface area (Å²) in [6, 6.07) is 0. The average molecular weight is 179 g/mol. The van der Waals surface area contributed by atoms with E-state index in [1.54, 1.807) is 11.8 Å². The molecule has 58 valence electrons. The number of hydrogen-bond acceptors (Lipinski definition) is 3. The molecule has 2 nitrogen and oxygen atoms in total. The lowest BCUT2D eigenvalue weighted by molar-refractivity contribution is 0.963. The molecule has 0 aromatic rings. The van der Waals surface area contributed by atoms with E-state index in [1.807, 2.05) is 6.08 Å². The minimum Gasteiger partial charge on any atom is -0.363 e. The summed E-state index contributed by atoms with van der Waals surface area (Å²) in [5, 5.41) is 4.22. The Kier molecular flexibility index (Phi) is 5.54. The van der Waals surface area contributed by atoms with Crippen molar-refractivity contribution in [2.75, 3.05) is 18.8 Å². The van der Waals surface area contributed by atoms with Gasteiger partial charge in [-0.2, -0.15) is 0 Å². The van der Waals surface area contributed by atoms with E-state index in [0.29, 0.717) is 0 Å². The third-order valence-corrected chi connectivity index (χ3v) is 1.93. The van der Waals surface area contributed by atoms with Crippen LogP contribution in [0.15, 0.2) is 17.6 Å². The zero-order valence-corrected chi connectivity index (χ0v) is 7.30. The highest BCUT2D eigenvalue weighted by Gasteiger charge is 2.02. The fourth-order valence-corrected chi connectivity index (χ4v) is 1.27. The molecule has 0 bridgehead atoms. The monoisotopic (exact) mass is 178 g/mol. The van der Waals surface area contributed by atoms with Gasteiger partial charge in [-0.3, -0.25) is 4.99 Å². The van der Waals surface area contributed by atoms with E-state index in [0.717, 1.165) is 24.0 Å². The van der Waals surface area contributed by atoms with Gasteiger partial charge in [0.2, 0.25) is 0 Å². The van der Waals surface area contributed by atoms with Gasteiger partial charge in [0, 0.05) is 12.3 Å². The predicted octanol–water partition coefficient (Wildman–Crippen LogP) is 1.29. The molecule has 1 heterocycles. The second-order valence-electron chi connectivity index (χ2n) is 1.71. The molecule has 1 N–H and O–H groups in total. The lowest BCUT2D eigenvalue weighted by atomic mass is 10.7. The largest absolute Gasteiger partial charge is 0.363 e. The number of halogens is 1. The van der Waals surface area contributed by atoms with Crippen molar-refractivity contribution in [2.24, 2.45) is 4.99 Å². The Hall–Kier alpha value is -0.150. The molecule has 0 fully saturated rings. The standard InChI is InChI=1S/C6H10N2S.ClH/c1-2-5-9-6-7-3-4-8-6;/h2H,1,3-5H2,(H,7,8);1H. The van der Waals surface area contributed by atoms with Crippen molar-refractivity contribution in [1.29, 1.82) is 0 Å². The highest BCUT2D eigenvalue weighted by Crippen LogP contribution is 2.03. The van der Waals surface area contributed by atoms with Gasteiger partial charge in [0.1, 0.15) is 0 Å². The molecule has 0 aliphatic carbocycles. The van der Waals surface area contributed by atoms with Crippen LogP contribution in [-0.2, 0) is 0 Å². The Labute approximate surface area is 71.6 Å². The summed E-state index contributed by atoms with van der Waals surface area (Å²) in [4.78, 5) is 4.19. The summed E-state index contributed by atoms with van der Waals surface area (Å²) in [5.41, 5.74) is 0. The van der Waals surface area contributed by atoms with Gasteiger partial charge < -0.3 is 5.32 Å². The molecule has 0 spiro atoms. The molecule has 10 heavy (non-hydrogen) atoms. The lowest BCUT2D eigenvalue weighted by Crippen LogP contribution is -2.14. The molecular formula is C6H11ClN2S. The van der Waals surface area contributed by atoms with Gasteiger partial charge in [0.25, 0.3) is 0 Å². The van der Waals surface area contributed by atoms with Crippen molar-refractivity contribution >= 4 is 29.3 Å². The minimum atomic E-state index is 0. The van der Waals surface area contributed by atoms with E-state index in [1.165, 1.54) is 0 Å². The van der Waals surface area contributed by atoms with Crippen molar-refractivity contribution in [3.05, 3.63) is 12.7 Å². The molecule has 0 amide bonds. The topological polar surface area (TPSA) is 24.4 Å². The minimum absolute atomic E-state index is 0. The Morgan fingerprint density at radius 1 is 1.80 bits per heavy atom. The fourth-order valence-electron chi connectivity index (χ4n) is 0.611. The zero-order valence-electron chi connectivity index (χ0n) is 5.67. The van der Waals surface area contributed by atoms with Crippen LogP contribution in [0.25, 0.3) is 0 Å². The van der Waals surface area contributed by atoms with Crippen LogP contribution in [-0.4, -0.2) is 24.0 Å². The number of thioether (sulfide) groups is 1. The summed E-state index contributed by atoms with van der Waals surface area (Å²) in [6.07, 6.45) is 1.88. The van der Waals surface area contributed by atoms with Gasteiger partial charge in [-0.15, -0.1) is 19.0 Å². The number of hydrogen-bond donors (Lipinski definition) is 1. The van der Waals surface area contributed by atoms with E-state index in [4.69, 9.17) is 0 Å². The van der Waals surface area contributed by atoms with Gasteiger partial charge in [0.05, 0.1) is 6.54 Å². The van der Waals surface area contributed by atoms with Gasteiger partial charge in [-0.1, -0.05) is 17.8 Å². The van der Waals surface area contributed by atoms with Crippen molar-refractivity contribution in [3.8, 4) is 0 Å². The number of aliphatic imine (C=N–C) groups is 1. The normalized spacial score (nSPS) is 15.0. The fraction of sp³-hybridized carbons (Fsp3) is 0.500. The first-order valence-corrected chi connectivity index (χ1v) is 3.94. The third kappa shape index (κ3) is 3.13. The molecule has 1 rings (SSSR count). The Bertz CT molecular complexity index is 136. The van der Waals surface area contributed by atoms with Crippen molar-refractivity contribution in [3.63, 3.8) is 0 Å². The van der Waals surface area contributed by atoms with Crippen molar-refractivity contribution < 1.29 is 0 Å². The Balaban J connectivity index is 0.000000810. The van der Waals surface area contributed by atoms with Gasteiger partial charge in [0.15, 0.2) is 5.17 Å². The molecule has 0 radical (unpaired) electrons. The van der Waals surface area contributed by atoms with Crippen LogP contribution in [0.5, 0.6) is 0 Å². The molecular weight excluding hydrogens is 168 g/mol. The molecule has 0 aromatic heterocycles. The van der Waals surface area contributed by atoms with Gasteiger partial charge >= 0.3 is 0 Å². The second-order valence-corrected chi connectivity index (χ2v) is 2.72. The maximum absolute atomic E-state index is 4.19. The number of amidine groups is 1. The van der Waals surface area contributed by atoms with Crippen LogP contribution in [0.1, 0.15) is 0 Å². The van der Waals surface area contributed by atoms with E-state index in [2.05, 4.69) is 16.9 Å². The number of rotatable bonds is 2.